The zero-order valence-electron chi connectivity index (χ0n) is 18.5. The maximum Gasteiger partial charge on any atom is 0.348 e. The Hall–Kier alpha value is -3.02. The van der Waals surface area contributed by atoms with Gasteiger partial charge in [-0.15, -0.1) is 11.3 Å². The van der Waals surface area contributed by atoms with Gasteiger partial charge in [0.2, 0.25) is 15.9 Å². The fourth-order valence-electron chi connectivity index (χ4n) is 3.93. The van der Waals surface area contributed by atoms with Gasteiger partial charge in [-0.1, -0.05) is 0 Å². The largest absolute Gasteiger partial charge is 0.495 e. The maximum atomic E-state index is 13.8. The topological polar surface area (TPSA) is 102 Å². The van der Waals surface area contributed by atoms with Crippen molar-refractivity contribution in [2.75, 3.05) is 32.6 Å². The van der Waals surface area contributed by atoms with Crippen LogP contribution in [0.3, 0.4) is 0 Å². The number of ether oxygens (including phenoxy) is 2. The summed E-state index contributed by atoms with van der Waals surface area (Å²) in [6.45, 7) is 0.198. The van der Waals surface area contributed by atoms with Crippen LogP contribution in [0, 0.1) is 11.7 Å². The van der Waals surface area contributed by atoms with E-state index >= 15 is 0 Å². The van der Waals surface area contributed by atoms with Gasteiger partial charge in [0.1, 0.15) is 21.3 Å². The number of nitrogens with one attached hydrogen (secondary N) is 1. The number of amides is 1. The number of thiophene rings is 1. The third kappa shape index (κ3) is 4.77. The minimum absolute atomic E-state index is 0.0268. The van der Waals surface area contributed by atoms with Crippen LogP contribution in [-0.4, -0.2) is 51.9 Å². The molecule has 0 radical (unpaired) electrons. The lowest BCUT2D eigenvalue weighted by atomic mass is 9.98. The fourth-order valence-corrected chi connectivity index (χ4v) is 6.58. The predicted molar refractivity (Wildman–Crippen MR) is 126 cm³/mol. The molecule has 8 nitrogen and oxygen atoms in total. The highest BCUT2D eigenvalue weighted by atomic mass is 32.2. The van der Waals surface area contributed by atoms with Crippen LogP contribution in [0.15, 0.2) is 47.4 Å². The molecule has 34 heavy (non-hydrogen) atoms. The number of anilines is 1. The number of rotatable bonds is 6. The summed E-state index contributed by atoms with van der Waals surface area (Å²) in [5.74, 6) is -1.96. The molecule has 0 bridgehead atoms. The summed E-state index contributed by atoms with van der Waals surface area (Å²) in [6, 6.07) is 10.3. The number of nitrogens with zero attached hydrogens (tertiary/aromatic N) is 1. The fraction of sp³-hybridized carbons (Fsp3) is 0.304. The Labute approximate surface area is 200 Å². The van der Waals surface area contributed by atoms with E-state index in [1.54, 1.807) is 24.3 Å². The van der Waals surface area contributed by atoms with Crippen LogP contribution in [0.2, 0.25) is 0 Å². The first-order valence-corrected chi connectivity index (χ1v) is 12.7. The first-order valence-electron chi connectivity index (χ1n) is 10.5. The van der Waals surface area contributed by atoms with Gasteiger partial charge in [0.05, 0.1) is 20.1 Å². The number of halogens is 1. The smallest absolute Gasteiger partial charge is 0.348 e. The van der Waals surface area contributed by atoms with Crippen molar-refractivity contribution in [2.24, 2.45) is 5.92 Å². The average Bonchev–Trinajstić information content (AvgIpc) is 3.27. The first-order chi connectivity index (χ1) is 16.2. The van der Waals surface area contributed by atoms with E-state index in [2.05, 4.69) is 5.32 Å². The Morgan fingerprint density at radius 1 is 1.15 bits per heavy atom. The highest BCUT2D eigenvalue weighted by Gasteiger charge is 2.35. The first kappa shape index (κ1) is 24.1. The van der Waals surface area contributed by atoms with Crippen LogP contribution in [-0.2, 0) is 19.6 Å². The lowest BCUT2D eigenvalue weighted by Crippen LogP contribution is -2.43. The van der Waals surface area contributed by atoms with Crippen LogP contribution in [0.1, 0.15) is 22.5 Å². The van der Waals surface area contributed by atoms with Crippen molar-refractivity contribution in [1.29, 1.82) is 0 Å². The van der Waals surface area contributed by atoms with E-state index in [0.29, 0.717) is 23.4 Å². The molecule has 1 aliphatic rings. The molecule has 0 spiro atoms. The molecule has 1 aromatic heterocycles. The SMILES string of the molecule is COC(=O)c1cc2cc(NC(=O)[C@@H]3CCCN(S(=O)(=O)c4cc(F)ccc4OC)C3)ccc2s1. The van der Waals surface area contributed by atoms with Crippen molar-refractivity contribution in [1.82, 2.24) is 4.31 Å². The van der Waals surface area contributed by atoms with E-state index in [9.17, 15) is 22.4 Å². The molecule has 1 N–H and O–H groups in total. The molecule has 1 fully saturated rings. The Kier molecular flexibility index (Phi) is 6.87. The number of benzene rings is 2. The number of piperidine rings is 1. The van der Waals surface area contributed by atoms with E-state index in [-0.39, 0.29) is 29.6 Å². The lowest BCUT2D eigenvalue weighted by Gasteiger charge is -2.31. The molecule has 1 aliphatic heterocycles. The van der Waals surface area contributed by atoms with Crippen molar-refractivity contribution in [3.63, 3.8) is 0 Å². The van der Waals surface area contributed by atoms with E-state index in [0.717, 1.165) is 22.2 Å². The van der Waals surface area contributed by atoms with Crippen molar-refractivity contribution in [3.8, 4) is 5.75 Å². The van der Waals surface area contributed by atoms with Crippen LogP contribution < -0.4 is 10.1 Å². The van der Waals surface area contributed by atoms with Gasteiger partial charge in [0, 0.05) is 23.5 Å². The summed E-state index contributed by atoms with van der Waals surface area (Å²) in [4.78, 5) is 24.9. The number of fused-ring (bicyclic) bond motifs is 1. The summed E-state index contributed by atoms with van der Waals surface area (Å²) in [6.07, 6.45) is 1.01. The molecule has 1 atom stereocenters. The third-order valence-corrected chi connectivity index (χ3v) is 8.65. The van der Waals surface area contributed by atoms with E-state index < -0.39 is 27.7 Å². The molecule has 2 heterocycles. The van der Waals surface area contributed by atoms with Gasteiger partial charge in [-0.05, 0) is 60.7 Å². The molecule has 0 saturated carbocycles. The molecule has 4 rings (SSSR count). The van der Waals surface area contributed by atoms with Gasteiger partial charge in [-0.25, -0.2) is 17.6 Å². The van der Waals surface area contributed by atoms with E-state index in [1.807, 2.05) is 0 Å². The van der Waals surface area contributed by atoms with Gasteiger partial charge < -0.3 is 14.8 Å². The minimum atomic E-state index is -4.06. The van der Waals surface area contributed by atoms with Crippen molar-refractivity contribution in [3.05, 3.63) is 53.2 Å². The summed E-state index contributed by atoms with van der Waals surface area (Å²) < 4.78 is 52.1. The molecule has 1 saturated heterocycles. The minimum Gasteiger partial charge on any atom is -0.495 e. The predicted octanol–water partition coefficient (Wildman–Crippen LogP) is 3.88. The quantitative estimate of drug-likeness (QED) is 0.509. The number of carbonyl (C=O) groups excluding carboxylic acids is 2. The number of hydrogen-bond donors (Lipinski definition) is 1. The molecule has 180 valence electrons. The van der Waals surface area contributed by atoms with E-state index in [4.69, 9.17) is 9.47 Å². The lowest BCUT2D eigenvalue weighted by molar-refractivity contribution is -0.120. The molecular weight excluding hydrogens is 483 g/mol. The summed E-state index contributed by atoms with van der Waals surface area (Å²) in [5, 5.41) is 3.63. The molecule has 1 amide bonds. The number of methoxy groups -OCH3 is 2. The summed E-state index contributed by atoms with van der Waals surface area (Å²) >= 11 is 1.29. The van der Waals surface area contributed by atoms with Crippen molar-refractivity contribution in [2.45, 2.75) is 17.7 Å². The van der Waals surface area contributed by atoms with Gasteiger partial charge in [-0.2, -0.15) is 4.31 Å². The van der Waals surface area contributed by atoms with Crippen molar-refractivity contribution < 1.29 is 31.9 Å². The van der Waals surface area contributed by atoms with Gasteiger partial charge >= 0.3 is 5.97 Å². The number of carbonyl (C=O) groups is 2. The molecule has 0 unspecified atom stereocenters. The summed E-state index contributed by atoms with van der Waals surface area (Å²) in [5.41, 5.74) is 0.540. The van der Waals surface area contributed by atoms with Crippen molar-refractivity contribution >= 4 is 49.0 Å². The highest BCUT2D eigenvalue weighted by molar-refractivity contribution is 7.89. The van der Waals surface area contributed by atoms with E-state index in [1.165, 1.54) is 35.9 Å². The Morgan fingerprint density at radius 3 is 2.68 bits per heavy atom. The summed E-state index contributed by atoms with van der Waals surface area (Å²) in [7, 11) is -1.42. The second-order valence-corrected chi connectivity index (χ2v) is 10.8. The monoisotopic (exact) mass is 506 g/mol. The molecule has 11 heteroatoms. The molecule has 2 aromatic carbocycles. The van der Waals surface area contributed by atoms with Gasteiger partial charge in [0.15, 0.2) is 0 Å². The molecule has 0 aliphatic carbocycles. The molecular formula is C23H23FN2O6S2. The maximum absolute atomic E-state index is 13.8. The number of hydrogen-bond acceptors (Lipinski definition) is 7. The zero-order chi connectivity index (χ0) is 24.5. The molecule has 3 aromatic rings. The third-order valence-electron chi connectivity index (χ3n) is 5.67. The number of esters is 1. The van der Waals surface area contributed by atoms with Crippen LogP contribution in [0.5, 0.6) is 5.75 Å². The van der Waals surface area contributed by atoms with Gasteiger partial charge in [0.25, 0.3) is 0 Å². The van der Waals surface area contributed by atoms with Crippen LogP contribution in [0.4, 0.5) is 10.1 Å². The Bertz CT molecular complexity index is 1350. The normalized spacial score (nSPS) is 16.9. The van der Waals surface area contributed by atoms with Crippen LogP contribution in [0.25, 0.3) is 10.1 Å². The number of sulfonamides is 1. The second-order valence-electron chi connectivity index (χ2n) is 7.84. The van der Waals surface area contributed by atoms with Crippen LogP contribution >= 0.6 is 11.3 Å². The highest BCUT2D eigenvalue weighted by Crippen LogP contribution is 2.32. The Morgan fingerprint density at radius 2 is 1.94 bits per heavy atom. The Balaban J connectivity index is 1.50. The zero-order valence-corrected chi connectivity index (χ0v) is 20.2. The average molecular weight is 507 g/mol. The standard InChI is InChI=1S/C23H23FN2O6S2/c1-31-18-7-5-16(24)12-21(18)34(29,30)26-9-3-4-14(13-26)22(27)25-17-6-8-19-15(10-17)11-20(33-19)23(28)32-2/h5-8,10-12,14H,3-4,9,13H2,1-2H3,(H,25,27)/t14-/m1/s1. The van der Waals surface area contributed by atoms with Gasteiger partial charge in [-0.3, -0.25) is 4.79 Å². The second kappa shape index (κ2) is 9.69.